The molecule has 1 aliphatic carbocycles. The van der Waals surface area contributed by atoms with Gasteiger partial charge in [0.2, 0.25) is 0 Å². The van der Waals surface area contributed by atoms with E-state index in [0.717, 1.165) is 5.56 Å². The van der Waals surface area contributed by atoms with Gasteiger partial charge in [-0.15, -0.1) is 0 Å². The molecule has 0 aliphatic heterocycles. The minimum Gasteiger partial charge on any atom is -0.294 e. The van der Waals surface area contributed by atoms with Crippen LogP contribution >= 0.6 is 0 Å². The molecular weight excluding hydrogens is 212 g/mol. The first-order valence-electron chi connectivity index (χ1n) is 5.91. The van der Waals surface area contributed by atoms with Crippen molar-refractivity contribution in [1.82, 2.24) is 0 Å². The number of carbonyl (C=O) groups is 2. The quantitative estimate of drug-likeness (QED) is 0.547. The molecule has 1 aliphatic rings. The van der Waals surface area contributed by atoms with Crippen molar-refractivity contribution in [2.45, 2.75) is 32.6 Å². The Kier molecular flexibility index (Phi) is 3.23. The summed E-state index contributed by atoms with van der Waals surface area (Å²) in [4.78, 5) is 23.6. The zero-order chi connectivity index (χ0) is 12.4. The summed E-state index contributed by atoms with van der Waals surface area (Å²) in [5.41, 5.74) is 2.66. The summed E-state index contributed by atoms with van der Waals surface area (Å²) < 4.78 is 0. The molecule has 0 saturated heterocycles. The van der Waals surface area contributed by atoms with E-state index < -0.39 is 0 Å². The van der Waals surface area contributed by atoms with Gasteiger partial charge in [-0.1, -0.05) is 35.9 Å². The molecule has 0 aromatic heterocycles. The van der Waals surface area contributed by atoms with Crippen LogP contribution in [0.5, 0.6) is 0 Å². The van der Waals surface area contributed by atoms with E-state index in [1.54, 1.807) is 13.0 Å². The largest absolute Gasteiger partial charge is 0.294 e. The number of allylic oxidation sites excluding steroid dienone is 2. The molecule has 0 bridgehead atoms. The minimum absolute atomic E-state index is 0.0191. The van der Waals surface area contributed by atoms with E-state index in [9.17, 15) is 9.59 Å². The van der Waals surface area contributed by atoms with Gasteiger partial charge in [-0.05, 0) is 25.3 Å². The van der Waals surface area contributed by atoms with Crippen LogP contribution in [-0.4, -0.2) is 11.6 Å². The smallest absolute Gasteiger partial charge is 0.166 e. The Bertz CT molecular complexity index is 460. The molecule has 1 aromatic carbocycles. The van der Waals surface area contributed by atoms with Gasteiger partial charge in [0.1, 0.15) is 0 Å². The minimum atomic E-state index is -0.0191. The van der Waals surface area contributed by atoms with Gasteiger partial charge in [-0.25, -0.2) is 0 Å². The van der Waals surface area contributed by atoms with E-state index in [2.05, 4.69) is 0 Å². The fourth-order valence-corrected chi connectivity index (χ4v) is 2.29. The molecule has 88 valence electrons. The standard InChI is InChI=1S/C15H16O2/c1-3-13-14(16)8-12(9-15(13)17)11-6-4-10(2)5-7-11/h3-7,12H,8-9H2,1-2H3. The number of Topliss-reactive ketones (excluding diaryl/α,β-unsaturated/α-hetero) is 2. The molecule has 1 saturated carbocycles. The monoisotopic (exact) mass is 228 g/mol. The third kappa shape index (κ3) is 2.36. The van der Waals surface area contributed by atoms with Crippen LogP contribution in [0.1, 0.15) is 36.8 Å². The second kappa shape index (κ2) is 4.66. The Hall–Kier alpha value is -1.70. The molecular formula is C15H16O2. The number of hydrogen-bond donors (Lipinski definition) is 0. The van der Waals surface area contributed by atoms with Crippen LogP contribution < -0.4 is 0 Å². The lowest BCUT2D eigenvalue weighted by atomic mass is 9.80. The molecule has 17 heavy (non-hydrogen) atoms. The van der Waals surface area contributed by atoms with E-state index in [0.29, 0.717) is 18.4 Å². The molecule has 0 spiro atoms. The maximum absolute atomic E-state index is 11.8. The molecule has 2 rings (SSSR count). The van der Waals surface area contributed by atoms with Crippen molar-refractivity contribution >= 4 is 11.6 Å². The summed E-state index contributed by atoms with van der Waals surface area (Å²) >= 11 is 0. The lowest BCUT2D eigenvalue weighted by molar-refractivity contribution is -0.124. The Morgan fingerprint density at radius 3 is 2.06 bits per heavy atom. The van der Waals surface area contributed by atoms with Crippen molar-refractivity contribution in [1.29, 1.82) is 0 Å². The van der Waals surface area contributed by atoms with Crippen molar-refractivity contribution < 1.29 is 9.59 Å². The maximum Gasteiger partial charge on any atom is 0.166 e. The highest BCUT2D eigenvalue weighted by atomic mass is 16.1. The van der Waals surface area contributed by atoms with Gasteiger partial charge in [0.15, 0.2) is 11.6 Å². The number of rotatable bonds is 1. The van der Waals surface area contributed by atoms with Gasteiger partial charge in [0.25, 0.3) is 0 Å². The van der Waals surface area contributed by atoms with Crippen LogP contribution in [-0.2, 0) is 9.59 Å². The number of carbonyl (C=O) groups excluding carboxylic acids is 2. The van der Waals surface area contributed by atoms with Gasteiger partial charge >= 0.3 is 0 Å². The summed E-state index contributed by atoms with van der Waals surface area (Å²) in [5.74, 6) is 0.0166. The van der Waals surface area contributed by atoms with E-state index in [1.165, 1.54) is 5.56 Å². The molecule has 0 heterocycles. The zero-order valence-electron chi connectivity index (χ0n) is 10.2. The average molecular weight is 228 g/mol. The topological polar surface area (TPSA) is 34.1 Å². The number of ketones is 2. The third-order valence-corrected chi connectivity index (χ3v) is 3.30. The zero-order valence-corrected chi connectivity index (χ0v) is 10.2. The van der Waals surface area contributed by atoms with Gasteiger partial charge in [-0.2, -0.15) is 0 Å². The summed E-state index contributed by atoms with van der Waals surface area (Å²) in [5, 5.41) is 0. The highest BCUT2D eigenvalue weighted by Crippen LogP contribution is 2.31. The lowest BCUT2D eigenvalue weighted by Gasteiger charge is -2.22. The average Bonchev–Trinajstić information content (AvgIpc) is 2.29. The Balaban J connectivity index is 2.23. The predicted octanol–water partition coefficient (Wildman–Crippen LogP) is 2.96. The molecule has 0 amide bonds. The summed E-state index contributed by atoms with van der Waals surface area (Å²) in [6.07, 6.45) is 2.54. The van der Waals surface area contributed by atoms with E-state index in [1.807, 2.05) is 31.2 Å². The predicted molar refractivity (Wildman–Crippen MR) is 66.9 cm³/mol. The first kappa shape index (κ1) is 11.8. The Morgan fingerprint density at radius 2 is 1.59 bits per heavy atom. The van der Waals surface area contributed by atoms with Crippen LogP contribution in [0.3, 0.4) is 0 Å². The fraction of sp³-hybridized carbons (Fsp3) is 0.333. The van der Waals surface area contributed by atoms with Gasteiger partial charge < -0.3 is 0 Å². The van der Waals surface area contributed by atoms with Crippen LogP contribution in [0.15, 0.2) is 35.9 Å². The van der Waals surface area contributed by atoms with E-state index in [4.69, 9.17) is 0 Å². The molecule has 0 N–H and O–H groups in total. The Morgan fingerprint density at radius 1 is 1.06 bits per heavy atom. The first-order chi connectivity index (χ1) is 8.11. The molecule has 0 atom stereocenters. The number of hydrogen-bond acceptors (Lipinski definition) is 2. The highest BCUT2D eigenvalue weighted by Gasteiger charge is 2.30. The maximum atomic E-state index is 11.8. The molecule has 1 aromatic rings. The van der Waals surface area contributed by atoms with Gasteiger partial charge in [0.05, 0.1) is 5.57 Å². The van der Waals surface area contributed by atoms with Gasteiger partial charge in [0, 0.05) is 12.8 Å². The normalized spacial score (nSPS) is 20.6. The number of benzene rings is 1. The van der Waals surface area contributed by atoms with Crippen LogP contribution in [0.4, 0.5) is 0 Å². The summed E-state index contributed by atoms with van der Waals surface area (Å²) in [7, 11) is 0. The van der Waals surface area contributed by atoms with Crippen molar-refractivity contribution in [3.63, 3.8) is 0 Å². The van der Waals surface area contributed by atoms with E-state index >= 15 is 0 Å². The van der Waals surface area contributed by atoms with Crippen LogP contribution in [0, 0.1) is 6.92 Å². The van der Waals surface area contributed by atoms with Crippen molar-refractivity contribution in [2.24, 2.45) is 0 Å². The van der Waals surface area contributed by atoms with Crippen molar-refractivity contribution in [3.05, 3.63) is 47.0 Å². The molecule has 0 radical (unpaired) electrons. The van der Waals surface area contributed by atoms with Crippen molar-refractivity contribution in [3.8, 4) is 0 Å². The van der Waals surface area contributed by atoms with Gasteiger partial charge in [-0.3, -0.25) is 9.59 Å². The lowest BCUT2D eigenvalue weighted by Crippen LogP contribution is -2.24. The molecule has 2 heteroatoms. The first-order valence-corrected chi connectivity index (χ1v) is 5.91. The third-order valence-electron chi connectivity index (χ3n) is 3.30. The highest BCUT2D eigenvalue weighted by molar-refractivity contribution is 6.22. The second-order valence-electron chi connectivity index (χ2n) is 4.56. The second-order valence-corrected chi connectivity index (χ2v) is 4.56. The van der Waals surface area contributed by atoms with Crippen molar-refractivity contribution in [2.75, 3.05) is 0 Å². The SMILES string of the molecule is CC=C1C(=O)CC(c2ccc(C)cc2)CC1=O. The summed E-state index contributed by atoms with van der Waals surface area (Å²) in [6.45, 7) is 3.77. The molecule has 2 nitrogen and oxygen atoms in total. The molecule has 0 unspecified atom stereocenters. The fourth-order valence-electron chi connectivity index (χ4n) is 2.29. The number of aryl methyl sites for hydroxylation is 1. The van der Waals surface area contributed by atoms with Crippen LogP contribution in [0.2, 0.25) is 0 Å². The summed E-state index contributed by atoms with van der Waals surface area (Å²) in [6, 6.07) is 8.08. The van der Waals surface area contributed by atoms with E-state index in [-0.39, 0.29) is 17.5 Å². The molecule has 1 fully saturated rings. The van der Waals surface area contributed by atoms with Crippen LogP contribution in [0.25, 0.3) is 0 Å². The Labute approximate surface area is 101 Å².